The van der Waals surface area contributed by atoms with Crippen molar-refractivity contribution in [2.75, 3.05) is 10.6 Å². The topological polar surface area (TPSA) is 87.3 Å². The molecule has 3 N–H and O–H groups in total. The van der Waals surface area contributed by atoms with Crippen LogP contribution in [0.3, 0.4) is 0 Å². The molecule has 0 aliphatic heterocycles. The zero-order chi connectivity index (χ0) is 19.4. The summed E-state index contributed by atoms with van der Waals surface area (Å²) in [5.41, 5.74) is 3.72. The van der Waals surface area contributed by atoms with Crippen molar-refractivity contribution >= 4 is 29.1 Å². The molecule has 0 radical (unpaired) electrons. The maximum Gasteiger partial charge on any atom is 0.251 e. The van der Waals surface area contributed by atoms with Crippen LogP contribution >= 0.6 is 0 Å². The highest BCUT2D eigenvalue weighted by molar-refractivity contribution is 6.00. The molecular formula is C21H23N3O3. The van der Waals surface area contributed by atoms with Crippen molar-refractivity contribution in [3.8, 4) is 0 Å². The number of fused-ring (bicyclic) bond motifs is 1. The van der Waals surface area contributed by atoms with Crippen LogP contribution in [0.1, 0.15) is 54.2 Å². The Morgan fingerprint density at radius 1 is 0.926 bits per heavy atom. The van der Waals surface area contributed by atoms with E-state index in [4.69, 9.17) is 0 Å². The lowest BCUT2D eigenvalue weighted by Crippen LogP contribution is -2.31. The van der Waals surface area contributed by atoms with E-state index in [0.29, 0.717) is 16.9 Å². The van der Waals surface area contributed by atoms with Crippen molar-refractivity contribution in [3.05, 3.63) is 59.2 Å². The predicted octanol–water partition coefficient (Wildman–Crippen LogP) is 3.41. The number of aryl methyl sites for hydroxylation is 1. The Bertz CT molecular complexity index is 858. The molecule has 1 aliphatic rings. The molecule has 0 unspecified atom stereocenters. The predicted molar refractivity (Wildman–Crippen MR) is 105 cm³/mol. The fourth-order valence-electron chi connectivity index (χ4n) is 3.45. The van der Waals surface area contributed by atoms with Crippen molar-refractivity contribution in [2.24, 2.45) is 0 Å². The largest absolute Gasteiger partial charge is 0.345 e. The number of carbonyl (C=O) groups excluding carboxylic acids is 3. The van der Waals surface area contributed by atoms with Crippen LogP contribution in [0.25, 0.3) is 0 Å². The minimum atomic E-state index is -0.248. The van der Waals surface area contributed by atoms with Crippen LogP contribution in [0.2, 0.25) is 0 Å². The van der Waals surface area contributed by atoms with Gasteiger partial charge in [0.05, 0.1) is 6.04 Å². The van der Waals surface area contributed by atoms with E-state index in [2.05, 4.69) is 28.1 Å². The first-order valence-corrected chi connectivity index (χ1v) is 9.01. The van der Waals surface area contributed by atoms with E-state index in [0.717, 1.165) is 24.8 Å². The number of rotatable bonds is 4. The number of amides is 3. The monoisotopic (exact) mass is 365 g/mol. The molecule has 2 aromatic rings. The van der Waals surface area contributed by atoms with Gasteiger partial charge in [-0.2, -0.15) is 0 Å². The summed E-state index contributed by atoms with van der Waals surface area (Å²) in [5, 5.41) is 8.41. The summed E-state index contributed by atoms with van der Waals surface area (Å²) >= 11 is 0. The zero-order valence-electron chi connectivity index (χ0n) is 15.5. The van der Waals surface area contributed by atoms with E-state index in [9.17, 15) is 14.4 Å². The Morgan fingerprint density at radius 3 is 2.19 bits per heavy atom. The van der Waals surface area contributed by atoms with E-state index in [1.54, 1.807) is 18.2 Å². The average molecular weight is 365 g/mol. The molecule has 0 fully saturated rings. The first-order chi connectivity index (χ1) is 12.9. The molecule has 2 aromatic carbocycles. The summed E-state index contributed by atoms with van der Waals surface area (Å²) in [6, 6.07) is 12.9. The van der Waals surface area contributed by atoms with Gasteiger partial charge in [0.15, 0.2) is 0 Å². The van der Waals surface area contributed by atoms with Gasteiger partial charge in [0.2, 0.25) is 11.8 Å². The van der Waals surface area contributed by atoms with Gasteiger partial charge in [-0.1, -0.05) is 24.3 Å². The fraction of sp³-hybridized carbons (Fsp3) is 0.286. The number of benzene rings is 2. The zero-order valence-corrected chi connectivity index (χ0v) is 15.5. The van der Waals surface area contributed by atoms with Crippen molar-refractivity contribution in [3.63, 3.8) is 0 Å². The third kappa shape index (κ3) is 4.73. The van der Waals surface area contributed by atoms with Crippen LogP contribution in [0, 0.1) is 0 Å². The van der Waals surface area contributed by atoms with Gasteiger partial charge >= 0.3 is 0 Å². The Morgan fingerprint density at radius 2 is 1.56 bits per heavy atom. The standard InChI is InChI=1S/C21H23N3O3/c1-13(25)22-17-10-16(11-18(12-17)23-14(2)26)21(27)24-20-9-5-7-15-6-3-4-8-19(15)20/h3-4,6,8,10-12,20H,5,7,9H2,1-2H3,(H,22,25)(H,23,26)(H,24,27)/t20-/m0/s1. The van der Waals surface area contributed by atoms with Crippen LogP contribution in [-0.2, 0) is 16.0 Å². The van der Waals surface area contributed by atoms with E-state index in [1.165, 1.54) is 19.4 Å². The van der Waals surface area contributed by atoms with Gasteiger partial charge in [0.1, 0.15) is 0 Å². The van der Waals surface area contributed by atoms with E-state index >= 15 is 0 Å². The number of hydrogen-bond donors (Lipinski definition) is 3. The van der Waals surface area contributed by atoms with Gasteiger partial charge in [0, 0.05) is 30.8 Å². The Labute approximate surface area is 158 Å². The molecule has 1 atom stereocenters. The van der Waals surface area contributed by atoms with Crippen molar-refractivity contribution in [2.45, 2.75) is 39.2 Å². The third-order valence-electron chi connectivity index (χ3n) is 4.51. The highest BCUT2D eigenvalue weighted by Crippen LogP contribution is 2.30. The van der Waals surface area contributed by atoms with Crippen molar-refractivity contribution < 1.29 is 14.4 Å². The summed E-state index contributed by atoms with van der Waals surface area (Å²) in [6.07, 6.45) is 2.92. The highest BCUT2D eigenvalue weighted by atomic mass is 16.2. The Balaban J connectivity index is 1.85. The third-order valence-corrected chi connectivity index (χ3v) is 4.51. The van der Waals surface area contributed by atoms with Crippen LogP contribution < -0.4 is 16.0 Å². The minimum Gasteiger partial charge on any atom is -0.345 e. The molecule has 0 spiro atoms. The molecule has 0 bridgehead atoms. The molecular weight excluding hydrogens is 342 g/mol. The van der Waals surface area contributed by atoms with Crippen LogP contribution in [0.5, 0.6) is 0 Å². The molecule has 6 nitrogen and oxygen atoms in total. The van der Waals surface area contributed by atoms with Crippen molar-refractivity contribution in [1.29, 1.82) is 0 Å². The average Bonchev–Trinajstić information content (AvgIpc) is 2.60. The van der Waals surface area contributed by atoms with Gasteiger partial charge in [-0.15, -0.1) is 0 Å². The summed E-state index contributed by atoms with van der Waals surface area (Å²) in [6.45, 7) is 2.79. The Kier molecular flexibility index (Phi) is 5.54. The van der Waals surface area contributed by atoms with E-state index in [-0.39, 0.29) is 23.8 Å². The normalized spacial score (nSPS) is 15.4. The highest BCUT2D eigenvalue weighted by Gasteiger charge is 2.22. The number of anilines is 2. The van der Waals surface area contributed by atoms with Gasteiger partial charge in [-0.3, -0.25) is 14.4 Å². The van der Waals surface area contributed by atoms with Gasteiger partial charge in [-0.05, 0) is 48.6 Å². The SMILES string of the molecule is CC(=O)Nc1cc(NC(C)=O)cc(C(=O)N[C@H]2CCCc3ccccc32)c1. The molecule has 0 heterocycles. The summed E-state index contributed by atoms with van der Waals surface area (Å²) in [7, 11) is 0. The van der Waals surface area contributed by atoms with Crippen LogP contribution in [0.4, 0.5) is 11.4 Å². The fourth-order valence-corrected chi connectivity index (χ4v) is 3.45. The second-order valence-electron chi connectivity index (χ2n) is 6.78. The lowest BCUT2D eigenvalue weighted by atomic mass is 9.87. The second kappa shape index (κ2) is 8.03. The molecule has 0 aromatic heterocycles. The molecule has 27 heavy (non-hydrogen) atoms. The molecule has 1 aliphatic carbocycles. The number of hydrogen-bond acceptors (Lipinski definition) is 3. The molecule has 3 amide bonds. The smallest absolute Gasteiger partial charge is 0.251 e. The van der Waals surface area contributed by atoms with E-state index < -0.39 is 0 Å². The lowest BCUT2D eigenvalue weighted by molar-refractivity contribution is -0.115. The minimum absolute atomic E-state index is 0.0453. The second-order valence-corrected chi connectivity index (χ2v) is 6.78. The van der Waals surface area contributed by atoms with Crippen LogP contribution in [0.15, 0.2) is 42.5 Å². The van der Waals surface area contributed by atoms with Gasteiger partial charge in [0.25, 0.3) is 5.91 Å². The van der Waals surface area contributed by atoms with Gasteiger partial charge in [-0.25, -0.2) is 0 Å². The molecule has 3 rings (SSSR count). The maximum atomic E-state index is 12.9. The van der Waals surface area contributed by atoms with Crippen molar-refractivity contribution in [1.82, 2.24) is 5.32 Å². The molecule has 140 valence electrons. The first kappa shape index (κ1) is 18.6. The lowest BCUT2D eigenvalue weighted by Gasteiger charge is -2.26. The number of nitrogens with one attached hydrogen (secondary N) is 3. The first-order valence-electron chi connectivity index (χ1n) is 9.01. The van der Waals surface area contributed by atoms with E-state index in [1.807, 2.05) is 12.1 Å². The quantitative estimate of drug-likeness (QED) is 0.776. The number of carbonyl (C=O) groups is 3. The summed E-state index contributed by atoms with van der Waals surface area (Å²) in [5.74, 6) is -0.736. The summed E-state index contributed by atoms with van der Waals surface area (Å²) in [4.78, 5) is 35.6. The molecule has 0 saturated carbocycles. The van der Waals surface area contributed by atoms with Gasteiger partial charge < -0.3 is 16.0 Å². The molecule has 0 saturated heterocycles. The Hall–Kier alpha value is -3.15. The molecule has 6 heteroatoms. The maximum absolute atomic E-state index is 12.9. The van der Waals surface area contributed by atoms with Crippen LogP contribution in [-0.4, -0.2) is 17.7 Å². The summed E-state index contributed by atoms with van der Waals surface area (Å²) < 4.78 is 0.